The van der Waals surface area contributed by atoms with Gasteiger partial charge in [0, 0.05) is 0 Å². The summed E-state index contributed by atoms with van der Waals surface area (Å²) in [4.78, 5) is 52.8. The monoisotopic (exact) mass is 735 g/mol. The van der Waals surface area contributed by atoms with Gasteiger partial charge in [-0.3, -0.25) is 14.3 Å². The molecule has 1 aromatic carbocycles. The second-order valence-corrected chi connectivity index (χ2v) is 13.6. The smallest absolute Gasteiger partial charge is 0.476 e. The van der Waals surface area contributed by atoms with Gasteiger partial charge in [0.05, 0.1) is 6.61 Å². The molecule has 49 heavy (non-hydrogen) atoms. The van der Waals surface area contributed by atoms with Gasteiger partial charge in [-0.15, -0.1) is 0 Å². The quantitative estimate of drug-likeness (QED) is 0.0977. The Kier molecular flexibility index (Phi) is 17.1. The number of rotatable bonds is 14. The molecule has 0 aliphatic carbocycles. The highest BCUT2D eigenvalue weighted by atomic mass is 31.3. The molecule has 0 spiro atoms. The minimum Gasteiger partial charge on any atom is -0.756 e. The van der Waals surface area contributed by atoms with Crippen LogP contribution in [0.5, 0.6) is 0 Å². The highest BCUT2D eigenvalue weighted by Crippen LogP contribution is 2.55. The number of phosphoric acid groups is 2. The van der Waals surface area contributed by atoms with Crippen molar-refractivity contribution in [1.29, 1.82) is 0 Å². The van der Waals surface area contributed by atoms with Crippen LogP contribution in [0.1, 0.15) is 53.3 Å². The minimum absolute atomic E-state index is 0.0133. The fraction of sp³-hybridized carbons (Fsp3) is 0.621. The summed E-state index contributed by atoms with van der Waals surface area (Å²) in [6.07, 6.45) is -4.73. The number of aliphatic hydroxyl groups excluding tert-OH is 2. The Hall–Kier alpha value is -2.57. The van der Waals surface area contributed by atoms with Crippen LogP contribution in [-0.2, 0) is 29.2 Å². The molecule has 18 nitrogen and oxygen atoms in total. The third-order valence-electron chi connectivity index (χ3n) is 7.78. The SMILES string of the molecule is CCN(CC)CC.CCN(CC)CC.Nc1nc2c(c(=O)[nH]1)[n+](Cc1ccccc1)cn2[C@@H]1O[C@H](COP(=O)([O-])OP(=O)(O)O)[C@@H](O)[C@H]1O. The lowest BCUT2D eigenvalue weighted by atomic mass is 10.1. The fourth-order valence-electron chi connectivity index (χ4n) is 5.02. The summed E-state index contributed by atoms with van der Waals surface area (Å²) >= 11 is 0. The summed E-state index contributed by atoms with van der Waals surface area (Å²) in [7, 11) is -10.9. The van der Waals surface area contributed by atoms with Gasteiger partial charge in [-0.2, -0.15) is 9.55 Å². The second-order valence-electron chi connectivity index (χ2n) is 10.9. The summed E-state index contributed by atoms with van der Waals surface area (Å²) in [5.41, 5.74) is 6.05. The third kappa shape index (κ3) is 12.9. The van der Waals surface area contributed by atoms with Gasteiger partial charge in [-0.25, -0.2) is 13.4 Å². The van der Waals surface area contributed by atoms with Gasteiger partial charge >= 0.3 is 13.4 Å². The molecule has 0 saturated carbocycles. The van der Waals surface area contributed by atoms with E-state index in [1.807, 2.05) is 30.3 Å². The first-order chi connectivity index (χ1) is 23.0. The van der Waals surface area contributed by atoms with E-state index in [-0.39, 0.29) is 23.7 Å². The van der Waals surface area contributed by atoms with Crippen molar-refractivity contribution >= 4 is 32.8 Å². The number of benzene rings is 1. The van der Waals surface area contributed by atoms with Crippen molar-refractivity contribution in [3.63, 3.8) is 0 Å². The van der Waals surface area contributed by atoms with E-state index in [0.717, 1.165) is 5.56 Å². The molecule has 0 bridgehead atoms. The number of nitrogens with zero attached hydrogens (tertiary/aromatic N) is 5. The van der Waals surface area contributed by atoms with Crippen LogP contribution in [0.15, 0.2) is 41.5 Å². The number of imidazole rings is 1. The van der Waals surface area contributed by atoms with E-state index in [9.17, 15) is 29.0 Å². The van der Waals surface area contributed by atoms with E-state index in [2.05, 4.69) is 70.1 Å². The number of fused-ring (bicyclic) bond motifs is 1. The average molecular weight is 736 g/mol. The summed E-state index contributed by atoms with van der Waals surface area (Å²) in [6.45, 7) is 19.5. The zero-order chi connectivity index (χ0) is 36.9. The Balaban J connectivity index is 0.000000500. The van der Waals surface area contributed by atoms with Crippen LogP contribution >= 0.6 is 15.6 Å². The zero-order valence-electron chi connectivity index (χ0n) is 28.8. The number of H-pyrrole nitrogens is 1. The molecule has 278 valence electrons. The van der Waals surface area contributed by atoms with Crippen molar-refractivity contribution in [2.45, 2.75) is 72.6 Å². The molecule has 5 atom stereocenters. The van der Waals surface area contributed by atoms with Gasteiger partial charge in [0.25, 0.3) is 19.0 Å². The number of ether oxygens (including phenoxy) is 1. The number of aromatic amines is 1. The first kappa shape index (κ1) is 42.6. The maximum atomic E-state index is 12.7. The van der Waals surface area contributed by atoms with Gasteiger partial charge in [0.2, 0.25) is 18.5 Å². The van der Waals surface area contributed by atoms with Crippen LogP contribution in [0.4, 0.5) is 5.95 Å². The van der Waals surface area contributed by atoms with E-state index in [0.29, 0.717) is 0 Å². The lowest BCUT2D eigenvalue weighted by Gasteiger charge is -2.24. The van der Waals surface area contributed by atoms with Crippen molar-refractivity contribution in [1.82, 2.24) is 24.3 Å². The van der Waals surface area contributed by atoms with Crippen molar-refractivity contribution < 1.29 is 52.2 Å². The Morgan fingerprint density at radius 1 is 0.980 bits per heavy atom. The molecule has 1 fully saturated rings. The third-order valence-corrected chi connectivity index (χ3v) is 9.90. The molecule has 1 unspecified atom stereocenters. The summed E-state index contributed by atoms with van der Waals surface area (Å²) in [5.74, 6) is -0.219. The van der Waals surface area contributed by atoms with Crippen LogP contribution in [0, 0.1) is 0 Å². The Morgan fingerprint density at radius 2 is 1.51 bits per heavy atom. The molecule has 2 aromatic heterocycles. The number of hydrogen-bond acceptors (Lipinski definition) is 13. The fourth-order valence-corrected chi connectivity index (χ4v) is 6.58. The summed E-state index contributed by atoms with van der Waals surface area (Å²) in [6, 6.07) is 9.10. The number of aromatic nitrogens is 4. The number of nitrogens with one attached hydrogen (secondary N) is 1. The van der Waals surface area contributed by atoms with E-state index in [1.54, 1.807) is 0 Å². The molecule has 1 saturated heterocycles. The predicted molar refractivity (Wildman–Crippen MR) is 180 cm³/mol. The lowest BCUT2D eigenvalue weighted by molar-refractivity contribution is -0.664. The van der Waals surface area contributed by atoms with Gasteiger partial charge in [-0.1, -0.05) is 71.9 Å². The first-order valence-electron chi connectivity index (χ1n) is 16.1. The van der Waals surface area contributed by atoms with Crippen molar-refractivity contribution in [3.8, 4) is 0 Å². The number of phosphoric ester groups is 1. The average Bonchev–Trinajstić information content (AvgIpc) is 3.53. The second kappa shape index (κ2) is 19.7. The van der Waals surface area contributed by atoms with Gasteiger partial charge < -0.3 is 49.7 Å². The number of nitrogen functional groups attached to an aromatic ring is 1. The normalized spacial score (nSPS) is 20.5. The molecule has 0 amide bonds. The summed E-state index contributed by atoms with van der Waals surface area (Å²) in [5, 5.41) is 21.0. The van der Waals surface area contributed by atoms with E-state index in [1.165, 1.54) is 54.7 Å². The van der Waals surface area contributed by atoms with E-state index >= 15 is 0 Å². The number of anilines is 1. The van der Waals surface area contributed by atoms with Gasteiger partial charge in [-0.05, 0) is 44.8 Å². The largest absolute Gasteiger partial charge is 0.756 e. The number of nitrogens with two attached hydrogens (primary N) is 1. The lowest BCUT2D eigenvalue weighted by Crippen LogP contribution is -2.37. The predicted octanol–water partition coefficient (Wildman–Crippen LogP) is 0.552. The Labute approximate surface area is 285 Å². The maximum Gasteiger partial charge on any atom is 0.476 e. The van der Waals surface area contributed by atoms with E-state index < -0.39 is 52.4 Å². The van der Waals surface area contributed by atoms with Crippen LogP contribution in [0.25, 0.3) is 11.2 Å². The molecule has 3 aromatic rings. The highest BCUT2D eigenvalue weighted by molar-refractivity contribution is 7.60. The maximum absolute atomic E-state index is 12.7. The van der Waals surface area contributed by atoms with Crippen molar-refractivity contribution in [2.24, 2.45) is 0 Å². The molecular formula is C29H51N7O11P2. The number of aliphatic hydroxyl groups is 2. The molecule has 4 rings (SSSR count). The topological polar surface area (TPSA) is 253 Å². The van der Waals surface area contributed by atoms with Crippen molar-refractivity contribution in [3.05, 3.63) is 52.6 Å². The first-order valence-corrected chi connectivity index (χ1v) is 19.1. The zero-order valence-corrected chi connectivity index (χ0v) is 30.6. The van der Waals surface area contributed by atoms with Crippen LogP contribution in [0.3, 0.4) is 0 Å². The molecular weight excluding hydrogens is 684 g/mol. The van der Waals surface area contributed by atoms with Crippen LogP contribution < -0.4 is 20.8 Å². The Morgan fingerprint density at radius 3 is 1.98 bits per heavy atom. The van der Waals surface area contributed by atoms with Gasteiger partial charge in [0.15, 0.2) is 0 Å². The van der Waals surface area contributed by atoms with E-state index in [4.69, 9.17) is 20.3 Å². The summed E-state index contributed by atoms with van der Waals surface area (Å²) < 4.78 is 38.7. The Bertz CT molecular complexity index is 1560. The molecule has 1 aliphatic heterocycles. The number of hydrogen-bond donors (Lipinski definition) is 6. The molecule has 3 heterocycles. The standard InChI is InChI=1S/C17H21N5O11P2.2C6H15N/c18-17-19-14-11(15(25)20-17)21(6-9-4-2-1-3-5-9)8-22(14)16-13(24)12(23)10(32-16)7-31-35(29,30)33-34(26,27)28;2*1-4-7(5-2)6-3/h1-5,8,10,12-13,16,23-24H,6-7H2,(H5-,18,19,20,25,26,27,28,29,30);2*4-6H2,1-3H3/t10-,12-,13-,16-;;/m1../s1. The molecule has 20 heteroatoms. The minimum atomic E-state index is -5.46. The molecule has 7 N–H and O–H groups in total. The molecule has 1 aliphatic rings. The van der Waals surface area contributed by atoms with Gasteiger partial charge in [0.1, 0.15) is 24.9 Å². The van der Waals surface area contributed by atoms with Crippen molar-refractivity contribution in [2.75, 3.05) is 51.6 Å². The highest BCUT2D eigenvalue weighted by Gasteiger charge is 2.48. The van der Waals surface area contributed by atoms with Crippen LogP contribution in [0.2, 0.25) is 0 Å². The van der Waals surface area contributed by atoms with Crippen LogP contribution in [-0.4, -0.2) is 109 Å². The molecule has 0 radical (unpaired) electrons.